The van der Waals surface area contributed by atoms with Gasteiger partial charge < -0.3 is 10.3 Å². The minimum absolute atomic E-state index is 0.435. The predicted octanol–water partition coefficient (Wildman–Crippen LogP) is 1.90. The van der Waals surface area contributed by atoms with Crippen LogP contribution < -0.4 is 5.73 Å². The molecule has 0 saturated carbocycles. The van der Waals surface area contributed by atoms with Crippen LogP contribution in [0.2, 0.25) is 0 Å². The number of rotatable bonds is 6. The number of nitrogens with two attached hydrogens (primary N) is 1. The van der Waals surface area contributed by atoms with Gasteiger partial charge in [0.25, 0.3) is 0 Å². The first-order valence-corrected chi connectivity index (χ1v) is 7.35. The Kier molecular flexibility index (Phi) is 4.52. The molecule has 17 heavy (non-hydrogen) atoms. The molecular formula is C10H15N5S2. The van der Waals surface area contributed by atoms with Crippen LogP contribution in [0.15, 0.2) is 16.7 Å². The lowest BCUT2D eigenvalue weighted by atomic mass is 10.4. The lowest BCUT2D eigenvalue weighted by Crippen LogP contribution is -2.09. The highest BCUT2D eigenvalue weighted by Crippen LogP contribution is 2.23. The molecule has 0 amide bonds. The molecule has 2 rings (SSSR count). The molecule has 0 saturated heterocycles. The average Bonchev–Trinajstić information content (AvgIpc) is 2.96. The Morgan fingerprint density at radius 2 is 2.35 bits per heavy atom. The monoisotopic (exact) mass is 269 g/mol. The number of aromatic nitrogens is 4. The van der Waals surface area contributed by atoms with E-state index in [0.717, 1.165) is 34.7 Å². The second-order valence-electron chi connectivity index (χ2n) is 3.47. The second-order valence-corrected chi connectivity index (χ2v) is 5.39. The van der Waals surface area contributed by atoms with Crippen LogP contribution in [0.25, 0.3) is 0 Å². The Morgan fingerprint density at radius 3 is 3.00 bits per heavy atom. The maximum Gasteiger partial charge on any atom is 0.191 e. The lowest BCUT2D eigenvalue weighted by molar-refractivity contribution is 0.592. The van der Waals surface area contributed by atoms with E-state index in [1.54, 1.807) is 23.1 Å². The summed E-state index contributed by atoms with van der Waals surface area (Å²) in [5.74, 6) is 1.69. The van der Waals surface area contributed by atoms with E-state index in [4.69, 9.17) is 5.73 Å². The van der Waals surface area contributed by atoms with Crippen LogP contribution in [0.1, 0.15) is 24.2 Å². The third-order valence-corrected chi connectivity index (χ3v) is 4.17. The minimum Gasteiger partial charge on any atom is -0.324 e. The van der Waals surface area contributed by atoms with Crippen LogP contribution in [-0.4, -0.2) is 19.7 Å². The molecule has 0 atom stereocenters. The van der Waals surface area contributed by atoms with Crippen LogP contribution in [0, 0.1) is 0 Å². The fourth-order valence-electron chi connectivity index (χ4n) is 1.48. The van der Waals surface area contributed by atoms with Crippen molar-refractivity contribution >= 4 is 23.1 Å². The second kappa shape index (κ2) is 6.13. The largest absolute Gasteiger partial charge is 0.324 e. The zero-order valence-corrected chi connectivity index (χ0v) is 11.3. The van der Waals surface area contributed by atoms with Crippen LogP contribution in [0.4, 0.5) is 0 Å². The number of thioether (sulfide) groups is 1. The summed E-state index contributed by atoms with van der Waals surface area (Å²) in [5, 5.41) is 12.3. The van der Waals surface area contributed by atoms with E-state index in [2.05, 4.69) is 26.7 Å². The summed E-state index contributed by atoms with van der Waals surface area (Å²) in [4.78, 5) is 4.25. The van der Waals surface area contributed by atoms with Gasteiger partial charge in [-0.1, -0.05) is 18.7 Å². The Hall–Kier alpha value is -0.920. The number of hydrogen-bond acceptors (Lipinski definition) is 6. The van der Waals surface area contributed by atoms with Crippen LogP contribution in [0.5, 0.6) is 0 Å². The molecule has 0 spiro atoms. The van der Waals surface area contributed by atoms with Gasteiger partial charge in [-0.25, -0.2) is 4.98 Å². The van der Waals surface area contributed by atoms with Crippen molar-refractivity contribution in [2.75, 3.05) is 0 Å². The lowest BCUT2D eigenvalue weighted by Gasteiger charge is -2.06. The SMILES string of the molecule is CCCn1c(CN)nnc1SCc1nccs1. The minimum atomic E-state index is 0.435. The Morgan fingerprint density at radius 1 is 1.47 bits per heavy atom. The highest BCUT2D eigenvalue weighted by atomic mass is 32.2. The molecular weight excluding hydrogens is 254 g/mol. The zero-order valence-electron chi connectivity index (χ0n) is 9.67. The van der Waals surface area contributed by atoms with E-state index in [1.807, 2.05) is 11.6 Å². The Balaban J connectivity index is 2.06. The van der Waals surface area contributed by atoms with E-state index in [-0.39, 0.29) is 0 Å². The Labute approximate surface area is 108 Å². The van der Waals surface area contributed by atoms with E-state index >= 15 is 0 Å². The van der Waals surface area contributed by atoms with Crippen molar-refractivity contribution in [2.24, 2.45) is 5.73 Å². The van der Waals surface area contributed by atoms with Crippen molar-refractivity contribution in [2.45, 2.75) is 37.3 Å². The number of thiazole rings is 1. The summed E-state index contributed by atoms with van der Waals surface area (Å²) >= 11 is 3.32. The van der Waals surface area contributed by atoms with Crippen molar-refractivity contribution in [1.82, 2.24) is 19.7 Å². The first-order chi connectivity index (χ1) is 8.35. The van der Waals surface area contributed by atoms with Gasteiger partial charge in [-0.05, 0) is 6.42 Å². The third kappa shape index (κ3) is 3.05. The van der Waals surface area contributed by atoms with Gasteiger partial charge in [0, 0.05) is 18.1 Å². The predicted molar refractivity (Wildman–Crippen MR) is 69.9 cm³/mol. The van der Waals surface area contributed by atoms with E-state index in [9.17, 15) is 0 Å². The van der Waals surface area contributed by atoms with E-state index in [0.29, 0.717) is 6.54 Å². The molecule has 0 aliphatic heterocycles. The van der Waals surface area contributed by atoms with Crippen LogP contribution >= 0.6 is 23.1 Å². The fourth-order valence-corrected chi connectivity index (χ4v) is 3.10. The molecule has 0 aliphatic carbocycles. The van der Waals surface area contributed by atoms with Crippen molar-refractivity contribution < 1.29 is 0 Å². The molecule has 0 aliphatic rings. The van der Waals surface area contributed by atoms with Crippen molar-refractivity contribution in [3.8, 4) is 0 Å². The average molecular weight is 269 g/mol. The highest BCUT2D eigenvalue weighted by molar-refractivity contribution is 7.98. The summed E-state index contributed by atoms with van der Waals surface area (Å²) in [6.07, 6.45) is 2.87. The van der Waals surface area contributed by atoms with Gasteiger partial charge >= 0.3 is 0 Å². The summed E-state index contributed by atoms with van der Waals surface area (Å²) in [6.45, 7) is 3.49. The first kappa shape index (κ1) is 12.5. The van der Waals surface area contributed by atoms with Crippen LogP contribution in [0.3, 0.4) is 0 Å². The molecule has 0 radical (unpaired) electrons. The van der Waals surface area contributed by atoms with Crippen molar-refractivity contribution in [3.05, 3.63) is 22.4 Å². The molecule has 2 aromatic rings. The third-order valence-electron chi connectivity index (χ3n) is 2.23. The molecule has 2 N–H and O–H groups in total. The molecule has 7 heteroatoms. The van der Waals surface area contributed by atoms with Crippen molar-refractivity contribution in [1.29, 1.82) is 0 Å². The molecule has 0 unspecified atom stereocenters. The molecule has 2 heterocycles. The van der Waals surface area contributed by atoms with Gasteiger partial charge in [0.2, 0.25) is 0 Å². The van der Waals surface area contributed by atoms with Crippen molar-refractivity contribution in [3.63, 3.8) is 0 Å². The molecule has 0 aromatic carbocycles. The number of nitrogens with zero attached hydrogens (tertiary/aromatic N) is 4. The topological polar surface area (TPSA) is 69.6 Å². The summed E-state index contributed by atoms with van der Waals surface area (Å²) in [5.41, 5.74) is 5.64. The fraction of sp³-hybridized carbons (Fsp3) is 0.500. The molecule has 0 bridgehead atoms. The van der Waals surface area contributed by atoms with E-state index in [1.165, 1.54) is 0 Å². The zero-order chi connectivity index (χ0) is 12.1. The van der Waals surface area contributed by atoms with E-state index < -0.39 is 0 Å². The first-order valence-electron chi connectivity index (χ1n) is 5.48. The molecule has 0 fully saturated rings. The molecule has 5 nitrogen and oxygen atoms in total. The van der Waals surface area contributed by atoms with Gasteiger partial charge in [0.15, 0.2) is 5.16 Å². The quantitative estimate of drug-likeness (QED) is 0.811. The van der Waals surface area contributed by atoms with Gasteiger partial charge in [0.05, 0.1) is 12.3 Å². The summed E-state index contributed by atoms with van der Waals surface area (Å²) in [7, 11) is 0. The van der Waals surface area contributed by atoms with Gasteiger partial charge in [-0.3, -0.25) is 0 Å². The van der Waals surface area contributed by atoms with Gasteiger partial charge in [-0.2, -0.15) is 0 Å². The summed E-state index contributed by atoms with van der Waals surface area (Å²) < 4.78 is 2.10. The standard InChI is InChI=1S/C10H15N5S2/c1-2-4-15-8(6-11)13-14-10(15)17-7-9-12-3-5-16-9/h3,5H,2,4,6-7,11H2,1H3. The van der Waals surface area contributed by atoms with Gasteiger partial charge in [-0.15, -0.1) is 21.5 Å². The molecule has 92 valence electrons. The summed E-state index contributed by atoms with van der Waals surface area (Å²) in [6, 6.07) is 0. The highest BCUT2D eigenvalue weighted by Gasteiger charge is 2.11. The maximum absolute atomic E-state index is 5.64. The Bertz CT molecular complexity index is 451. The smallest absolute Gasteiger partial charge is 0.191 e. The number of hydrogen-bond donors (Lipinski definition) is 1. The van der Waals surface area contributed by atoms with Crippen LogP contribution in [-0.2, 0) is 18.8 Å². The molecule has 2 aromatic heterocycles. The maximum atomic E-state index is 5.64. The normalized spacial score (nSPS) is 10.9. The van der Waals surface area contributed by atoms with Gasteiger partial charge in [0.1, 0.15) is 10.8 Å².